The minimum Gasteiger partial charge on any atom is -0.453 e. The third-order valence-electron chi connectivity index (χ3n) is 7.97. The highest BCUT2D eigenvalue weighted by Gasteiger charge is 2.30. The number of pyridine rings is 2. The van der Waals surface area contributed by atoms with Gasteiger partial charge in [0, 0.05) is 48.6 Å². The average molecular weight is 612 g/mol. The molecule has 1 aliphatic heterocycles. The Bertz CT molecular complexity index is 1860. The first-order chi connectivity index (χ1) is 22.1. The summed E-state index contributed by atoms with van der Waals surface area (Å²) in [4.78, 5) is 40.1. The number of rotatable bonds is 7. The molecule has 3 N–H and O–H groups in total. The quantitative estimate of drug-likeness (QED) is 0.274. The van der Waals surface area contributed by atoms with Crippen molar-refractivity contribution < 1.29 is 24.9 Å². The van der Waals surface area contributed by atoms with Crippen molar-refractivity contribution in [3.63, 3.8) is 0 Å². The molecule has 1 saturated heterocycles. The fourth-order valence-corrected chi connectivity index (χ4v) is 6.57. The number of carbonyl (C=O) groups is 1. The number of aromatic nitrogens is 5. The molecule has 43 heavy (non-hydrogen) atoms. The molecule has 0 bridgehead atoms. The Morgan fingerprint density at radius 1 is 1.16 bits per heavy atom. The molecule has 5 heterocycles. The maximum absolute atomic E-state index is 13.7. The minimum atomic E-state index is -2.78. The smallest absolute Gasteiger partial charge is 0.407 e. The van der Waals surface area contributed by atoms with Crippen molar-refractivity contribution in [1.82, 2.24) is 29.4 Å². The largest absolute Gasteiger partial charge is 0.453 e. The highest BCUT2D eigenvalue weighted by atomic mass is 32.1. The van der Waals surface area contributed by atoms with Crippen LogP contribution in [0.5, 0.6) is 0 Å². The number of anilines is 2. The van der Waals surface area contributed by atoms with Crippen LogP contribution in [0.3, 0.4) is 0 Å². The van der Waals surface area contributed by atoms with Crippen LogP contribution >= 0.6 is 11.3 Å². The van der Waals surface area contributed by atoms with E-state index in [9.17, 15) is 14.7 Å². The van der Waals surface area contributed by atoms with Crippen LogP contribution in [0.15, 0.2) is 35.4 Å². The molecule has 1 saturated carbocycles. The summed E-state index contributed by atoms with van der Waals surface area (Å²) >= 11 is 1.36. The summed E-state index contributed by atoms with van der Waals surface area (Å²) in [5.41, 5.74) is 0.313. The van der Waals surface area contributed by atoms with Gasteiger partial charge in [-0.25, -0.2) is 24.5 Å². The maximum Gasteiger partial charge on any atom is 0.407 e. The zero-order chi connectivity index (χ0) is 33.7. The molecule has 0 radical (unpaired) electrons. The molecule has 1 aliphatic carbocycles. The van der Waals surface area contributed by atoms with Crippen LogP contribution in [0.2, 0.25) is 0 Å². The number of amides is 1. The Labute approximate surface area is 258 Å². The van der Waals surface area contributed by atoms with Gasteiger partial charge >= 0.3 is 11.8 Å². The summed E-state index contributed by atoms with van der Waals surface area (Å²) in [5, 5.41) is 16.9. The molecule has 2 fully saturated rings. The number of aliphatic hydroxyl groups is 1. The predicted molar refractivity (Wildman–Crippen MR) is 164 cm³/mol. The van der Waals surface area contributed by atoms with Gasteiger partial charge in [0.05, 0.1) is 36.2 Å². The highest BCUT2D eigenvalue weighted by molar-refractivity contribution is 7.15. The van der Waals surface area contributed by atoms with Crippen molar-refractivity contribution in [1.29, 1.82) is 0 Å². The molecular weight excluding hydrogens is 570 g/mol. The van der Waals surface area contributed by atoms with E-state index in [4.69, 9.17) is 15.2 Å². The number of imidazole rings is 1. The van der Waals surface area contributed by atoms with E-state index in [2.05, 4.69) is 25.3 Å². The van der Waals surface area contributed by atoms with Crippen molar-refractivity contribution in [2.75, 3.05) is 25.6 Å². The molecule has 4 aromatic heterocycles. The van der Waals surface area contributed by atoms with Gasteiger partial charge in [0.15, 0.2) is 0 Å². The molecule has 1 amide bonds. The lowest BCUT2D eigenvalue weighted by Crippen LogP contribution is -2.33. The Hall–Kier alpha value is -3.81. The Kier molecular flexibility index (Phi) is 6.70. The second-order valence-corrected chi connectivity index (χ2v) is 12.5. The number of nitrogens with zero attached hydrogens (tertiary/aromatic N) is 5. The Morgan fingerprint density at radius 3 is 2.70 bits per heavy atom. The van der Waals surface area contributed by atoms with Gasteiger partial charge in [0.2, 0.25) is 0 Å². The predicted octanol–water partition coefficient (Wildman–Crippen LogP) is 4.57. The lowest BCUT2D eigenvalue weighted by atomic mass is 9.92. The van der Waals surface area contributed by atoms with Crippen molar-refractivity contribution in [3.8, 4) is 10.7 Å². The molecule has 228 valence electrons. The standard InChI is InChI=1S/C30H37N7O5S/c1-30(2,40)24-16-32-27(43-24)21-11-18(17-7-9-42-10-8-17)12-26(34-21)35-25-14-22-23(15-31-25)36(3)29(39)37(22)20-6-5-19(13-20)33-28(38)41-4/h11-12,14-17,19-20,40H,5-10,13H2,1-4H3,(H,33,38)(H,31,34,35)/t19-,20+/m0/s1/i3D3,19D. The van der Waals surface area contributed by atoms with Gasteiger partial charge in [-0.05, 0) is 69.6 Å². The lowest BCUT2D eigenvalue weighted by Gasteiger charge is -2.23. The second-order valence-electron chi connectivity index (χ2n) is 11.4. The number of nitrogens with one attached hydrogen (secondary N) is 2. The van der Waals surface area contributed by atoms with Crippen molar-refractivity contribution in [2.24, 2.45) is 6.98 Å². The minimum absolute atomic E-state index is 0.0751. The number of fused-ring (bicyclic) bond motifs is 1. The molecule has 0 spiro atoms. The number of hydrogen-bond donors (Lipinski definition) is 3. The van der Waals surface area contributed by atoms with Gasteiger partial charge in [0.25, 0.3) is 0 Å². The van der Waals surface area contributed by atoms with Crippen LogP contribution in [0.25, 0.3) is 21.7 Å². The Balaban J connectivity index is 1.40. The average Bonchev–Trinajstić information content (AvgIpc) is 3.72. The van der Waals surface area contributed by atoms with Gasteiger partial charge < -0.3 is 25.2 Å². The Morgan fingerprint density at radius 2 is 1.98 bits per heavy atom. The number of ether oxygens (including phenoxy) is 2. The van der Waals surface area contributed by atoms with Crippen molar-refractivity contribution in [2.45, 2.75) is 69.5 Å². The lowest BCUT2D eigenvalue weighted by molar-refractivity contribution is 0.0823. The fourth-order valence-electron chi connectivity index (χ4n) is 5.70. The highest BCUT2D eigenvalue weighted by Crippen LogP contribution is 2.36. The van der Waals surface area contributed by atoms with Gasteiger partial charge in [-0.2, -0.15) is 0 Å². The summed E-state index contributed by atoms with van der Waals surface area (Å²) < 4.78 is 45.3. The van der Waals surface area contributed by atoms with Gasteiger partial charge in [-0.3, -0.25) is 9.13 Å². The van der Waals surface area contributed by atoms with E-state index in [0.29, 0.717) is 52.4 Å². The molecule has 12 nitrogen and oxygen atoms in total. The maximum atomic E-state index is 13.7. The van der Waals surface area contributed by atoms with Crippen LogP contribution in [-0.4, -0.2) is 61.6 Å². The van der Waals surface area contributed by atoms with Crippen LogP contribution < -0.4 is 16.3 Å². The summed E-state index contributed by atoms with van der Waals surface area (Å²) in [6.07, 6.45) is 4.61. The first-order valence-corrected chi connectivity index (χ1v) is 15.0. The van der Waals surface area contributed by atoms with E-state index in [1.807, 2.05) is 12.1 Å². The summed E-state index contributed by atoms with van der Waals surface area (Å²) in [5.74, 6) is 1.05. The van der Waals surface area contributed by atoms with Gasteiger partial charge in [-0.1, -0.05) is 0 Å². The van der Waals surface area contributed by atoms with Gasteiger partial charge in [-0.15, -0.1) is 11.3 Å². The molecule has 6 rings (SSSR count). The van der Waals surface area contributed by atoms with E-state index >= 15 is 0 Å². The number of aryl methyl sites for hydroxylation is 1. The topological polar surface area (TPSA) is 145 Å². The van der Waals surface area contributed by atoms with E-state index in [0.717, 1.165) is 23.0 Å². The SMILES string of the molecule is [2H]C([2H])([2H])n1c(=O)n([C@@H]2CC[C@]([2H])(NC(=O)OC)C2)c2cc(Nc3cc(C4CCOCC4)cc(-c4ncc(C(C)(C)O)s4)n3)ncc21. The summed E-state index contributed by atoms with van der Waals surface area (Å²) in [6, 6.07) is 3.62. The number of carbonyl (C=O) groups excluding carboxylic acids is 1. The molecule has 13 heteroatoms. The fraction of sp³-hybridized carbons (Fsp3) is 0.500. The molecule has 0 unspecified atom stereocenters. The van der Waals surface area contributed by atoms with E-state index in [1.165, 1.54) is 29.2 Å². The third-order valence-corrected chi connectivity index (χ3v) is 9.31. The monoisotopic (exact) mass is 611 g/mol. The summed E-state index contributed by atoms with van der Waals surface area (Å²) in [7, 11) is 1.21. The number of methoxy groups -OCH3 is 1. The summed E-state index contributed by atoms with van der Waals surface area (Å²) in [6.45, 7) is 1.93. The van der Waals surface area contributed by atoms with Crippen LogP contribution in [-0.2, 0) is 22.1 Å². The molecule has 2 atom stereocenters. The third kappa shape index (κ3) is 6.01. The first kappa shape index (κ1) is 24.6. The number of alkyl carbamates (subject to hydrolysis) is 1. The molecule has 0 aromatic carbocycles. The van der Waals surface area contributed by atoms with Crippen LogP contribution in [0, 0.1) is 0 Å². The van der Waals surface area contributed by atoms with E-state index in [1.54, 1.807) is 26.1 Å². The van der Waals surface area contributed by atoms with E-state index in [-0.39, 0.29) is 24.3 Å². The number of hydrogen-bond acceptors (Lipinski definition) is 10. The van der Waals surface area contributed by atoms with Gasteiger partial charge in [0.1, 0.15) is 22.3 Å². The second kappa shape index (κ2) is 11.7. The normalized spacial score (nSPS) is 22.9. The van der Waals surface area contributed by atoms with Crippen molar-refractivity contribution in [3.05, 3.63) is 51.5 Å². The number of thiazole rings is 1. The molecule has 4 aromatic rings. The zero-order valence-electron chi connectivity index (χ0n) is 28.2. The molecular formula is C30H37N7O5S. The first-order valence-electron chi connectivity index (χ1n) is 16.2. The van der Waals surface area contributed by atoms with Crippen LogP contribution in [0.4, 0.5) is 16.4 Å². The van der Waals surface area contributed by atoms with Crippen LogP contribution in [0.1, 0.15) is 73.8 Å². The van der Waals surface area contributed by atoms with Crippen molar-refractivity contribution >= 4 is 40.1 Å². The van der Waals surface area contributed by atoms with E-state index < -0.39 is 36.4 Å². The zero-order valence-corrected chi connectivity index (χ0v) is 25.0. The molecule has 2 aliphatic rings.